The van der Waals surface area contributed by atoms with Crippen molar-refractivity contribution in [3.63, 3.8) is 0 Å². The molecule has 0 saturated carbocycles. The lowest BCUT2D eigenvalue weighted by Crippen LogP contribution is -2.13. The van der Waals surface area contributed by atoms with Crippen LogP contribution in [0.15, 0.2) is 119 Å². The molecule has 6 heteroatoms. The Hall–Kier alpha value is -4.13. The van der Waals surface area contributed by atoms with E-state index in [1.54, 1.807) is 0 Å². The summed E-state index contributed by atoms with van der Waals surface area (Å²) in [6.07, 6.45) is 0. The summed E-state index contributed by atoms with van der Waals surface area (Å²) in [6, 6.07) is 36.0. The Morgan fingerprint density at radius 1 is 0.676 bits per heavy atom. The molecular formula is C31H20BrN3OS. The van der Waals surface area contributed by atoms with Crippen LogP contribution in [0.1, 0.15) is 10.4 Å². The van der Waals surface area contributed by atoms with Gasteiger partial charge in [0.25, 0.3) is 5.91 Å². The summed E-state index contributed by atoms with van der Waals surface area (Å²) in [6.45, 7) is 0. The predicted molar refractivity (Wildman–Crippen MR) is 156 cm³/mol. The number of carbonyl (C=O) groups excluding carboxylic acids is 1. The summed E-state index contributed by atoms with van der Waals surface area (Å²) in [7, 11) is 0. The highest BCUT2D eigenvalue weighted by atomic mass is 79.9. The Bertz CT molecular complexity index is 1730. The molecule has 0 atom stereocenters. The smallest absolute Gasteiger partial charge is 0.258 e. The van der Waals surface area contributed by atoms with E-state index >= 15 is 0 Å². The number of anilines is 1. The number of aromatic nitrogens is 2. The summed E-state index contributed by atoms with van der Waals surface area (Å²) in [5, 5.41) is 6.31. The largest absolute Gasteiger partial charge is 0.298 e. The lowest BCUT2D eigenvalue weighted by molar-refractivity contribution is 0.102. The molecule has 4 nitrogen and oxygen atoms in total. The molecule has 0 unspecified atom stereocenters. The molecular weight excluding hydrogens is 542 g/mol. The number of rotatable bonds is 5. The maximum Gasteiger partial charge on any atom is 0.258 e. The fourth-order valence-electron chi connectivity index (χ4n) is 4.25. The molecule has 0 aliphatic carbocycles. The van der Waals surface area contributed by atoms with E-state index in [0.717, 1.165) is 43.5 Å². The quantitative estimate of drug-likeness (QED) is 0.229. The van der Waals surface area contributed by atoms with Crippen molar-refractivity contribution in [2.75, 3.05) is 5.32 Å². The SMILES string of the molecule is O=C(Nc1nc(-c2ccc(-c3ccccc3)cc2)cs1)c1cc(-c2cccc(Br)c2)nc2ccccc12. The van der Waals surface area contributed by atoms with Crippen molar-refractivity contribution in [2.45, 2.75) is 0 Å². The first kappa shape index (κ1) is 23.3. The Balaban J connectivity index is 1.28. The van der Waals surface area contributed by atoms with Crippen molar-refractivity contribution >= 4 is 49.2 Å². The number of nitrogens with one attached hydrogen (secondary N) is 1. The average Bonchev–Trinajstić information content (AvgIpc) is 3.41. The molecule has 0 spiro atoms. The third kappa shape index (κ3) is 4.94. The van der Waals surface area contributed by atoms with E-state index < -0.39 is 0 Å². The molecule has 0 aliphatic rings. The standard InChI is InChI=1S/C31H20BrN3OS/c32-24-10-6-9-23(17-24)28-18-26(25-11-4-5-12-27(25)33-28)30(36)35-31-34-29(19-37-31)22-15-13-21(14-16-22)20-7-2-1-3-8-20/h1-19H,(H,34,35,36). The molecule has 1 N–H and O–H groups in total. The highest BCUT2D eigenvalue weighted by molar-refractivity contribution is 9.10. The van der Waals surface area contributed by atoms with Gasteiger partial charge in [-0.15, -0.1) is 11.3 Å². The molecule has 0 saturated heterocycles. The Morgan fingerprint density at radius 2 is 1.38 bits per heavy atom. The summed E-state index contributed by atoms with van der Waals surface area (Å²) in [4.78, 5) is 22.9. The van der Waals surface area contributed by atoms with Gasteiger partial charge in [0.1, 0.15) is 0 Å². The fourth-order valence-corrected chi connectivity index (χ4v) is 5.37. The van der Waals surface area contributed by atoms with E-state index in [2.05, 4.69) is 62.6 Å². The number of halogens is 1. The summed E-state index contributed by atoms with van der Waals surface area (Å²) in [5.74, 6) is -0.213. The van der Waals surface area contributed by atoms with Crippen molar-refractivity contribution < 1.29 is 4.79 Å². The highest BCUT2D eigenvalue weighted by Gasteiger charge is 2.16. The van der Waals surface area contributed by atoms with E-state index in [1.807, 2.05) is 78.2 Å². The third-order valence-corrected chi connectivity index (χ3v) is 7.34. The second-order valence-corrected chi connectivity index (χ2v) is 10.3. The van der Waals surface area contributed by atoms with Crippen molar-refractivity contribution in [1.29, 1.82) is 0 Å². The van der Waals surface area contributed by atoms with Crippen molar-refractivity contribution in [3.8, 4) is 33.6 Å². The normalized spacial score (nSPS) is 10.9. The monoisotopic (exact) mass is 561 g/mol. The maximum absolute atomic E-state index is 13.4. The number of hydrogen-bond acceptors (Lipinski definition) is 4. The molecule has 37 heavy (non-hydrogen) atoms. The summed E-state index contributed by atoms with van der Waals surface area (Å²) < 4.78 is 0.957. The van der Waals surface area contributed by atoms with Gasteiger partial charge in [-0.1, -0.05) is 101 Å². The van der Waals surface area contributed by atoms with Crippen LogP contribution in [0.3, 0.4) is 0 Å². The molecule has 6 rings (SSSR count). The van der Waals surface area contributed by atoms with Crippen LogP contribution in [0.4, 0.5) is 5.13 Å². The Kier molecular flexibility index (Phi) is 6.35. The first-order valence-electron chi connectivity index (χ1n) is 11.7. The van der Waals surface area contributed by atoms with Crippen LogP contribution in [-0.4, -0.2) is 15.9 Å². The molecule has 0 radical (unpaired) electrons. The lowest BCUT2D eigenvalue weighted by Gasteiger charge is -2.10. The second-order valence-electron chi connectivity index (χ2n) is 8.52. The van der Waals surface area contributed by atoms with E-state index in [-0.39, 0.29) is 5.91 Å². The van der Waals surface area contributed by atoms with Crippen LogP contribution in [0, 0.1) is 0 Å². The molecule has 2 aromatic heterocycles. The first-order valence-corrected chi connectivity index (χ1v) is 13.4. The van der Waals surface area contributed by atoms with Gasteiger partial charge in [0.2, 0.25) is 0 Å². The number of benzene rings is 4. The molecule has 2 heterocycles. The number of fused-ring (bicyclic) bond motifs is 1. The number of thiazole rings is 1. The van der Waals surface area contributed by atoms with Gasteiger partial charge < -0.3 is 0 Å². The topological polar surface area (TPSA) is 54.9 Å². The van der Waals surface area contributed by atoms with Gasteiger partial charge in [-0.3, -0.25) is 10.1 Å². The summed E-state index contributed by atoms with van der Waals surface area (Å²) >= 11 is 4.94. The van der Waals surface area contributed by atoms with Crippen LogP contribution in [0.2, 0.25) is 0 Å². The van der Waals surface area contributed by atoms with Crippen LogP contribution >= 0.6 is 27.3 Å². The number of amides is 1. The average molecular weight is 562 g/mol. The highest BCUT2D eigenvalue weighted by Crippen LogP contribution is 2.30. The minimum atomic E-state index is -0.213. The van der Waals surface area contributed by atoms with Gasteiger partial charge in [-0.2, -0.15) is 0 Å². The molecule has 0 fully saturated rings. The first-order chi connectivity index (χ1) is 18.1. The minimum absolute atomic E-state index is 0.213. The number of nitrogens with zero attached hydrogens (tertiary/aromatic N) is 2. The number of pyridine rings is 1. The van der Waals surface area contributed by atoms with Crippen molar-refractivity contribution in [2.24, 2.45) is 0 Å². The third-order valence-electron chi connectivity index (χ3n) is 6.09. The van der Waals surface area contributed by atoms with E-state index in [4.69, 9.17) is 4.98 Å². The fraction of sp³-hybridized carbons (Fsp3) is 0. The Labute approximate surface area is 226 Å². The van der Waals surface area contributed by atoms with Gasteiger partial charge in [-0.05, 0) is 35.4 Å². The zero-order valence-corrected chi connectivity index (χ0v) is 22.0. The van der Waals surface area contributed by atoms with E-state index in [0.29, 0.717) is 10.7 Å². The van der Waals surface area contributed by atoms with Gasteiger partial charge in [-0.25, -0.2) is 9.97 Å². The molecule has 0 bridgehead atoms. The van der Waals surface area contributed by atoms with Gasteiger partial charge >= 0.3 is 0 Å². The zero-order valence-electron chi connectivity index (χ0n) is 19.6. The molecule has 1 amide bonds. The number of hydrogen-bond donors (Lipinski definition) is 1. The van der Waals surface area contributed by atoms with Crippen LogP contribution in [0.5, 0.6) is 0 Å². The summed E-state index contributed by atoms with van der Waals surface area (Å²) in [5.41, 5.74) is 7.16. The zero-order chi connectivity index (χ0) is 25.2. The second kappa shape index (κ2) is 10.1. The number of carbonyl (C=O) groups is 1. The molecule has 0 aliphatic heterocycles. The molecule has 178 valence electrons. The van der Waals surface area contributed by atoms with Crippen LogP contribution in [0.25, 0.3) is 44.5 Å². The molecule has 6 aromatic rings. The van der Waals surface area contributed by atoms with Gasteiger partial charge in [0.05, 0.1) is 22.5 Å². The van der Waals surface area contributed by atoms with Gasteiger partial charge in [0, 0.05) is 26.4 Å². The van der Waals surface area contributed by atoms with Crippen molar-refractivity contribution in [3.05, 3.63) is 125 Å². The van der Waals surface area contributed by atoms with E-state index in [1.165, 1.54) is 16.9 Å². The molecule has 4 aromatic carbocycles. The Morgan fingerprint density at radius 3 is 2.19 bits per heavy atom. The van der Waals surface area contributed by atoms with Crippen molar-refractivity contribution in [1.82, 2.24) is 9.97 Å². The minimum Gasteiger partial charge on any atom is -0.298 e. The van der Waals surface area contributed by atoms with E-state index in [9.17, 15) is 4.79 Å². The van der Waals surface area contributed by atoms with Crippen LogP contribution in [-0.2, 0) is 0 Å². The van der Waals surface area contributed by atoms with Gasteiger partial charge in [0.15, 0.2) is 5.13 Å². The lowest BCUT2D eigenvalue weighted by atomic mass is 10.0. The number of para-hydroxylation sites is 1. The maximum atomic E-state index is 13.4. The predicted octanol–water partition coefficient (Wildman–Crippen LogP) is 8.71. The van der Waals surface area contributed by atoms with Crippen LogP contribution < -0.4 is 5.32 Å².